The van der Waals surface area contributed by atoms with Crippen LogP contribution in [0.1, 0.15) is 45.6 Å². The van der Waals surface area contributed by atoms with Crippen LogP contribution in [0.25, 0.3) is 0 Å². The lowest BCUT2D eigenvalue weighted by molar-refractivity contribution is -0.155. The van der Waals surface area contributed by atoms with E-state index in [0.29, 0.717) is 26.2 Å². The molecule has 2 fully saturated rings. The first-order chi connectivity index (χ1) is 18.3. The summed E-state index contributed by atoms with van der Waals surface area (Å²) < 4.78 is 6.82. The molecule has 0 saturated carbocycles. The van der Waals surface area contributed by atoms with Crippen LogP contribution in [0.15, 0.2) is 54.6 Å². The average molecular weight is 522 g/mol. The van der Waals surface area contributed by atoms with Gasteiger partial charge in [0.15, 0.2) is 0 Å². The number of benzene rings is 1. The molecular weight excluding hydrogens is 482 g/mol. The molecule has 4 aliphatic rings. The number of ether oxygens (including phenoxy) is 1. The largest absolute Gasteiger partial charge is 0.394 e. The van der Waals surface area contributed by atoms with Crippen LogP contribution in [0.5, 0.6) is 0 Å². The van der Waals surface area contributed by atoms with Crippen LogP contribution < -0.4 is 0 Å². The smallest absolute Gasteiger partial charge is 0.249 e. The summed E-state index contributed by atoms with van der Waals surface area (Å²) in [5.41, 5.74) is -1.32. The molecule has 1 N–H and O–H groups in total. The Balaban J connectivity index is 1.56. The van der Waals surface area contributed by atoms with E-state index in [0.717, 1.165) is 24.8 Å². The molecule has 1 unspecified atom stereocenters. The van der Waals surface area contributed by atoms with Crippen LogP contribution in [-0.2, 0) is 25.7 Å². The van der Waals surface area contributed by atoms with Crippen molar-refractivity contribution in [2.24, 2.45) is 11.8 Å². The molecule has 4 heterocycles. The molecule has 0 bridgehead atoms. The molecule has 0 radical (unpaired) electrons. The molecule has 38 heavy (non-hydrogen) atoms. The number of rotatable bonds is 8. The Morgan fingerprint density at radius 1 is 0.974 bits per heavy atom. The number of aliphatic hydroxyl groups is 1. The average Bonchev–Trinajstić information content (AvgIpc) is 3.19. The third kappa shape index (κ3) is 4.18. The third-order valence-electron chi connectivity index (χ3n) is 8.65. The highest BCUT2D eigenvalue weighted by Gasteiger charge is 2.75. The fourth-order valence-corrected chi connectivity index (χ4v) is 6.82. The Morgan fingerprint density at radius 2 is 1.68 bits per heavy atom. The van der Waals surface area contributed by atoms with Gasteiger partial charge in [0.2, 0.25) is 17.7 Å². The normalized spacial score (nSPS) is 33.2. The lowest BCUT2D eigenvalue weighted by atomic mass is 9.74. The number of hydrogen-bond donors (Lipinski definition) is 1. The number of nitrogens with zero attached hydrogens (tertiary/aromatic N) is 3. The molecule has 1 aromatic carbocycles. The molecule has 6 atom stereocenters. The van der Waals surface area contributed by atoms with Crippen LogP contribution in [0.3, 0.4) is 0 Å². The van der Waals surface area contributed by atoms with Crippen LogP contribution in [0.2, 0.25) is 0 Å². The summed E-state index contributed by atoms with van der Waals surface area (Å²) in [5, 5.41) is 10.1. The number of aliphatic hydroxyl groups excluding tert-OH is 1. The molecular formula is C30H39N3O5. The van der Waals surface area contributed by atoms with Gasteiger partial charge in [-0.15, -0.1) is 0 Å². The summed E-state index contributed by atoms with van der Waals surface area (Å²) >= 11 is 0. The minimum atomic E-state index is -1.29. The van der Waals surface area contributed by atoms with E-state index in [-0.39, 0.29) is 24.3 Å². The van der Waals surface area contributed by atoms with Gasteiger partial charge in [0.05, 0.1) is 30.1 Å². The highest BCUT2D eigenvalue weighted by Crippen LogP contribution is 2.57. The first kappa shape index (κ1) is 26.6. The number of likely N-dealkylation sites (tertiary alicyclic amines) is 1. The van der Waals surface area contributed by atoms with Crippen LogP contribution in [-0.4, -0.2) is 87.1 Å². The molecule has 2 saturated heterocycles. The maximum atomic E-state index is 14.2. The standard InChI is InChI=1S/C30H39N3O5/c1-4-5-9-16-31-17-11-15-30-24(27(36)33(21(2)20-34)25(30)28(31)37)23-26(35)32(18-10-14-29(23,3)38-30)19-22-12-7-6-8-13-22/h6-8,10-15,21,23-25,34H,4-5,9,16-20H2,1-3H3/t21-,23-,24+,25?,29+,30+/m1/s1. The number of fused-ring (bicyclic) bond motifs is 2. The summed E-state index contributed by atoms with van der Waals surface area (Å²) in [6.07, 6.45) is 10.5. The van der Waals surface area contributed by atoms with Gasteiger partial charge in [0.1, 0.15) is 11.6 Å². The maximum absolute atomic E-state index is 14.2. The molecule has 5 rings (SSSR count). The van der Waals surface area contributed by atoms with Crippen LogP contribution in [0, 0.1) is 11.8 Å². The molecule has 204 valence electrons. The number of amides is 3. The Hall–Kier alpha value is -2.97. The first-order valence-corrected chi connectivity index (χ1v) is 13.9. The molecule has 0 aromatic heterocycles. The molecule has 8 heteroatoms. The van der Waals surface area contributed by atoms with Crippen molar-refractivity contribution in [2.75, 3.05) is 26.2 Å². The van der Waals surface area contributed by atoms with E-state index >= 15 is 0 Å². The van der Waals surface area contributed by atoms with E-state index in [1.54, 1.807) is 16.7 Å². The van der Waals surface area contributed by atoms with Gasteiger partial charge in [-0.3, -0.25) is 14.4 Å². The van der Waals surface area contributed by atoms with E-state index in [4.69, 9.17) is 4.74 Å². The van der Waals surface area contributed by atoms with E-state index < -0.39 is 35.1 Å². The topological polar surface area (TPSA) is 90.4 Å². The lowest BCUT2D eigenvalue weighted by Crippen LogP contribution is -2.58. The lowest BCUT2D eigenvalue weighted by Gasteiger charge is -2.39. The van der Waals surface area contributed by atoms with E-state index in [1.807, 2.05) is 61.6 Å². The summed E-state index contributed by atoms with van der Waals surface area (Å²) in [6, 6.07) is 8.26. The van der Waals surface area contributed by atoms with E-state index in [2.05, 4.69) is 6.92 Å². The third-order valence-corrected chi connectivity index (χ3v) is 8.65. The Kier molecular flexibility index (Phi) is 7.22. The van der Waals surface area contributed by atoms with Crippen molar-refractivity contribution in [3.8, 4) is 0 Å². The second-order valence-electron chi connectivity index (χ2n) is 11.3. The predicted octanol–water partition coefficient (Wildman–Crippen LogP) is 2.53. The van der Waals surface area contributed by atoms with Crippen molar-refractivity contribution in [1.29, 1.82) is 0 Å². The summed E-state index contributed by atoms with van der Waals surface area (Å²) in [4.78, 5) is 47.6. The Labute approximate surface area is 224 Å². The van der Waals surface area contributed by atoms with Gasteiger partial charge in [-0.05, 0) is 25.8 Å². The van der Waals surface area contributed by atoms with Crippen LogP contribution >= 0.6 is 0 Å². The van der Waals surface area contributed by atoms with E-state index in [9.17, 15) is 19.5 Å². The van der Waals surface area contributed by atoms with Crippen LogP contribution in [0.4, 0.5) is 0 Å². The maximum Gasteiger partial charge on any atom is 0.249 e. The number of hydrogen-bond acceptors (Lipinski definition) is 5. The highest BCUT2D eigenvalue weighted by atomic mass is 16.5. The predicted molar refractivity (Wildman–Crippen MR) is 143 cm³/mol. The van der Waals surface area contributed by atoms with Crippen molar-refractivity contribution < 1.29 is 24.2 Å². The van der Waals surface area contributed by atoms with Gasteiger partial charge >= 0.3 is 0 Å². The Bertz CT molecular complexity index is 1140. The fourth-order valence-electron chi connectivity index (χ4n) is 6.82. The molecule has 3 amide bonds. The molecule has 1 spiro atoms. The van der Waals surface area contributed by atoms with Gasteiger partial charge in [0, 0.05) is 26.2 Å². The fraction of sp³-hybridized carbons (Fsp3) is 0.567. The van der Waals surface area contributed by atoms with Crippen molar-refractivity contribution in [1.82, 2.24) is 14.7 Å². The summed E-state index contributed by atoms with van der Waals surface area (Å²) in [5.74, 6) is -2.30. The van der Waals surface area contributed by atoms with Crippen molar-refractivity contribution in [3.63, 3.8) is 0 Å². The van der Waals surface area contributed by atoms with Crippen molar-refractivity contribution in [2.45, 2.75) is 69.9 Å². The molecule has 4 aliphatic heterocycles. The van der Waals surface area contributed by atoms with E-state index in [1.165, 1.54) is 4.90 Å². The quantitative estimate of drug-likeness (QED) is 0.420. The number of carbonyl (C=O) groups excluding carboxylic acids is 3. The minimum Gasteiger partial charge on any atom is -0.394 e. The van der Waals surface area contributed by atoms with Gasteiger partial charge in [-0.2, -0.15) is 0 Å². The molecule has 1 aromatic rings. The minimum absolute atomic E-state index is 0.154. The Morgan fingerprint density at radius 3 is 2.39 bits per heavy atom. The highest BCUT2D eigenvalue weighted by molar-refractivity contribution is 6.00. The summed E-state index contributed by atoms with van der Waals surface area (Å²) in [6.45, 7) is 7.29. The summed E-state index contributed by atoms with van der Waals surface area (Å²) in [7, 11) is 0. The van der Waals surface area contributed by atoms with Gasteiger partial charge in [-0.1, -0.05) is 74.4 Å². The van der Waals surface area contributed by atoms with Crippen molar-refractivity contribution in [3.05, 3.63) is 60.2 Å². The van der Waals surface area contributed by atoms with Gasteiger partial charge in [0.25, 0.3) is 0 Å². The first-order valence-electron chi connectivity index (χ1n) is 13.9. The second-order valence-corrected chi connectivity index (χ2v) is 11.3. The second kappa shape index (κ2) is 10.3. The van der Waals surface area contributed by atoms with Crippen molar-refractivity contribution >= 4 is 17.7 Å². The SMILES string of the molecule is CCCCCN1CC=C[C@]23O[C@@]4(C)C=CCN(Cc5ccccc5)C(=O)[C@H]4[C@H]2C(=O)N([C@H](C)CO)C3C1=O. The van der Waals surface area contributed by atoms with Gasteiger partial charge in [-0.25, -0.2) is 0 Å². The number of carbonyl (C=O) groups is 3. The monoisotopic (exact) mass is 521 g/mol. The molecule has 8 nitrogen and oxygen atoms in total. The zero-order chi connectivity index (χ0) is 27.1. The molecule has 0 aliphatic carbocycles. The van der Waals surface area contributed by atoms with Gasteiger partial charge < -0.3 is 24.5 Å². The zero-order valence-corrected chi connectivity index (χ0v) is 22.6. The number of unbranched alkanes of at least 4 members (excludes halogenated alkanes) is 2. The zero-order valence-electron chi connectivity index (χ0n) is 22.6.